The van der Waals surface area contributed by atoms with E-state index >= 15 is 0 Å². The number of amides is 1. The lowest BCUT2D eigenvalue weighted by Crippen LogP contribution is -2.31. The number of aromatic nitrogens is 4. The molecule has 0 bridgehead atoms. The van der Waals surface area contributed by atoms with Crippen molar-refractivity contribution in [2.75, 3.05) is 11.9 Å². The van der Waals surface area contributed by atoms with Gasteiger partial charge in [-0.3, -0.25) is 4.79 Å². The minimum Gasteiger partial charge on any atom is -0.329 e. The van der Waals surface area contributed by atoms with Gasteiger partial charge >= 0.3 is 0 Å². The maximum atomic E-state index is 13.2. The van der Waals surface area contributed by atoms with Crippen LogP contribution in [-0.2, 0) is 0 Å². The van der Waals surface area contributed by atoms with Crippen LogP contribution in [0.1, 0.15) is 40.8 Å². The molecule has 1 unspecified atom stereocenters. The first kappa shape index (κ1) is 19.0. The van der Waals surface area contributed by atoms with E-state index in [1.807, 2.05) is 35.4 Å². The molecule has 4 aromatic heterocycles. The number of nitrogens with one attached hydrogen (secondary N) is 1. The second-order valence-electron chi connectivity index (χ2n) is 7.26. The second-order valence-corrected chi connectivity index (χ2v) is 8.56. The molecule has 1 aliphatic rings. The number of rotatable bonds is 4. The highest BCUT2D eigenvalue weighted by molar-refractivity contribution is 7.13. The van der Waals surface area contributed by atoms with Crippen molar-refractivity contribution in [3.05, 3.63) is 70.2 Å². The topological polar surface area (TPSA) is 75.4 Å². The van der Waals surface area contributed by atoms with Crippen LogP contribution in [0.3, 0.4) is 0 Å². The van der Waals surface area contributed by atoms with E-state index < -0.39 is 0 Å². The summed E-state index contributed by atoms with van der Waals surface area (Å²) >= 11 is 7.59. The molecule has 1 saturated heterocycles. The van der Waals surface area contributed by atoms with Crippen LogP contribution in [-0.4, -0.2) is 36.7 Å². The number of aryl methyl sites for hydroxylation is 1. The van der Waals surface area contributed by atoms with Gasteiger partial charge in [-0.1, -0.05) is 17.7 Å². The third-order valence-corrected chi connectivity index (χ3v) is 6.21. The Morgan fingerprint density at radius 1 is 1.20 bits per heavy atom. The van der Waals surface area contributed by atoms with Crippen LogP contribution in [0.4, 0.5) is 10.9 Å². The molecule has 1 fully saturated rings. The Kier molecular flexibility index (Phi) is 4.88. The van der Waals surface area contributed by atoms with Crippen molar-refractivity contribution in [3.8, 4) is 0 Å². The summed E-state index contributed by atoms with van der Waals surface area (Å²) in [6.45, 7) is 2.64. The van der Waals surface area contributed by atoms with Gasteiger partial charge in [0.25, 0.3) is 5.91 Å². The zero-order chi connectivity index (χ0) is 20.7. The Labute approximate surface area is 182 Å². The molecule has 0 saturated carbocycles. The molecule has 0 spiro atoms. The molecule has 5 rings (SSSR count). The number of hydrogen-bond acceptors (Lipinski definition) is 6. The fourth-order valence-electron chi connectivity index (χ4n) is 3.76. The summed E-state index contributed by atoms with van der Waals surface area (Å²) in [6, 6.07) is 9.33. The van der Waals surface area contributed by atoms with Crippen molar-refractivity contribution in [1.29, 1.82) is 0 Å². The van der Waals surface area contributed by atoms with Gasteiger partial charge in [-0.2, -0.15) is 0 Å². The molecule has 152 valence electrons. The highest BCUT2D eigenvalue weighted by atomic mass is 35.5. The molecule has 9 heteroatoms. The summed E-state index contributed by atoms with van der Waals surface area (Å²) in [4.78, 5) is 28.8. The first-order valence-electron chi connectivity index (χ1n) is 9.68. The number of pyridine rings is 2. The van der Waals surface area contributed by atoms with E-state index in [0.29, 0.717) is 22.9 Å². The van der Waals surface area contributed by atoms with E-state index in [-0.39, 0.29) is 11.9 Å². The van der Waals surface area contributed by atoms with E-state index in [0.717, 1.165) is 35.2 Å². The Balaban J connectivity index is 1.40. The van der Waals surface area contributed by atoms with E-state index in [1.54, 1.807) is 40.3 Å². The molecule has 0 radical (unpaired) electrons. The number of carbonyl (C=O) groups is 1. The number of anilines is 2. The van der Waals surface area contributed by atoms with E-state index in [4.69, 9.17) is 16.6 Å². The Morgan fingerprint density at radius 2 is 2.10 bits per heavy atom. The lowest BCUT2D eigenvalue weighted by Gasteiger charge is -2.23. The molecule has 1 amide bonds. The second kappa shape index (κ2) is 7.70. The number of fused-ring (bicyclic) bond motifs is 1. The Hall–Kier alpha value is -2.97. The molecule has 7 nitrogen and oxygen atoms in total. The Bertz CT molecular complexity index is 1240. The normalized spacial score (nSPS) is 16.3. The number of thiazole rings is 1. The summed E-state index contributed by atoms with van der Waals surface area (Å²) in [6.07, 6.45) is 5.28. The highest BCUT2D eigenvalue weighted by Gasteiger charge is 2.32. The van der Waals surface area contributed by atoms with Gasteiger partial charge in [0, 0.05) is 24.3 Å². The summed E-state index contributed by atoms with van der Waals surface area (Å²) in [5.41, 5.74) is 2.95. The lowest BCUT2D eigenvalue weighted by molar-refractivity contribution is 0.0727. The summed E-state index contributed by atoms with van der Waals surface area (Å²) in [5.74, 6) is 0.636. The van der Waals surface area contributed by atoms with Crippen molar-refractivity contribution >= 4 is 45.4 Å². The fourth-order valence-corrected chi connectivity index (χ4v) is 4.62. The van der Waals surface area contributed by atoms with Gasteiger partial charge in [-0.25, -0.2) is 15.0 Å². The minimum absolute atomic E-state index is 0.0781. The molecular formula is C21H19ClN6OS. The molecule has 30 heavy (non-hydrogen) atoms. The summed E-state index contributed by atoms with van der Waals surface area (Å²) < 4.78 is 1.78. The van der Waals surface area contributed by atoms with Gasteiger partial charge in [0.2, 0.25) is 0 Å². The summed E-state index contributed by atoms with van der Waals surface area (Å²) in [7, 11) is 0. The van der Waals surface area contributed by atoms with Gasteiger partial charge in [-0.15, -0.1) is 11.3 Å². The van der Waals surface area contributed by atoms with Crippen LogP contribution in [0.25, 0.3) is 5.65 Å². The lowest BCUT2D eigenvalue weighted by atomic mass is 10.1. The first-order chi connectivity index (χ1) is 14.6. The number of hydrogen-bond donors (Lipinski definition) is 1. The maximum Gasteiger partial charge on any atom is 0.274 e. The van der Waals surface area contributed by atoms with Crippen molar-refractivity contribution in [1.82, 2.24) is 24.3 Å². The SMILES string of the molecule is Cc1csc(Nc2cccc(C3CCCN3C(=O)c3cn4cc(Cl)ccc4n3)n2)n1. The molecule has 1 aliphatic heterocycles. The van der Waals surface area contributed by atoms with Crippen molar-refractivity contribution < 1.29 is 4.79 Å². The number of nitrogens with zero attached hydrogens (tertiary/aromatic N) is 5. The van der Waals surface area contributed by atoms with Gasteiger partial charge in [0.05, 0.1) is 22.5 Å². The van der Waals surface area contributed by atoms with Crippen LogP contribution >= 0.6 is 22.9 Å². The standard InChI is InChI=1S/C21H19ClN6OS/c1-13-12-30-21(23-13)26-18-6-2-4-15(24-18)17-5-3-9-28(17)20(29)16-11-27-10-14(22)7-8-19(27)25-16/h2,4,6-8,10-12,17H,3,5,9H2,1H3,(H,23,24,26). The third-order valence-electron chi connectivity index (χ3n) is 5.11. The largest absolute Gasteiger partial charge is 0.329 e. The third kappa shape index (κ3) is 3.64. The predicted molar refractivity (Wildman–Crippen MR) is 118 cm³/mol. The summed E-state index contributed by atoms with van der Waals surface area (Å²) in [5, 5.41) is 6.65. The van der Waals surface area contributed by atoms with Crippen molar-refractivity contribution in [2.45, 2.75) is 25.8 Å². The number of imidazole rings is 1. The Morgan fingerprint density at radius 3 is 2.93 bits per heavy atom. The van der Waals surface area contributed by atoms with Gasteiger partial charge in [0.1, 0.15) is 17.2 Å². The van der Waals surface area contributed by atoms with Crippen LogP contribution in [0.15, 0.2) is 48.1 Å². The van der Waals surface area contributed by atoms with E-state index in [1.165, 1.54) is 0 Å². The van der Waals surface area contributed by atoms with Crippen molar-refractivity contribution in [2.24, 2.45) is 0 Å². The molecular weight excluding hydrogens is 420 g/mol. The van der Waals surface area contributed by atoms with Gasteiger partial charge in [0.15, 0.2) is 5.13 Å². The molecule has 1 N–H and O–H groups in total. The average molecular weight is 439 g/mol. The monoisotopic (exact) mass is 438 g/mol. The molecule has 0 aliphatic carbocycles. The number of carbonyl (C=O) groups excluding carboxylic acids is 1. The van der Waals surface area contributed by atoms with E-state index in [9.17, 15) is 4.79 Å². The van der Waals surface area contributed by atoms with Gasteiger partial charge < -0.3 is 14.6 Å². The zero-order valence-electron chi connectivity index (χ0n) is 16.2. The average Bonchev–Trinajstić information content (AvgIpc) is 3.47. The maximum absolute atomic E-state index is 13.2. The van der Waals surface area contributed by atoms with Crippen LogP contribution in [0.2, 0.25) is 5.02 Å². The van der Waals surface area contributed by atoms with Crippen molar-refractivity contribution in [3.63, 3.8) is 0 Å². The van der Waals surface area contributed by atoms with Gasteiger partial charge in [-0.05, 0) is 44.0 Å². The van der Waals surface area contributed by atoms with Crippen LogP contribution in [0.5, 0.6) is 0 Å². The molecule has 4 aromatic rings. The molecule has 1 atom stereocenters. The number of likely N-dealkylation sites (tertiary alicyclic amines) is 1. The fraction of sp³-hybridized carbons (Fsp3) is 0.238. The zero-order valence-corrected chi connectivity index (χ0v) is 17.8. The number of halogens is 1. The van der Waals surface area contributed by atoms with Crippen LogP contribution < -0.4 is 5.32 Å². The van der Waals surface area contributed by atoms with E-state index in [2.05, 4.69) is 15.3 Å². The van der Waals surface area contributed by atoms with Crippen LogP contribution in [0, 0.1) is 6.92 Å². The molecule has 0 aromatic carbocycles. The quantitative estimate of drug-likeness (QED) is 0.492. The minimum atomic E-state index is -0.0898. The highest BCUT2D eigenvalue weighted by Crippen LogP contribution is 2.33. The predicted octanol–water partition coefficient (Wildman–Crippen LogP) is 4.87. The molecule has 5 heterocycles. The first-order valence-corrected chi connectivity index (χ1v) is 10.9. The smallest absolute Gasteiger partial charge is 0.274 e.